The van der Waals surface area contributed by atoms with Crippen LogP contribution in [0.1, 0.15) is 34.2 Å². The van der Waals surface area contributed by atoms with Crippen molar-refractivity contribution in [2.75, 3.05) is 11.9 Å². The quantitative estimate of drug-likeness (QED) is 0.885. The summed E-state index contributed by atoms with van der Waals surface area (Å²) in [6, 6.07) is 9.56. The summed E-state index contributed by atoms with van der Waals surface area (Å²) in [6.07, 6.45) is 0. The van der Waals surface area contributed by atoms with Crippen LogP contribution >= 0.6 is 0 Å². The van der Waals surface area contributed by atoms with Crippen LogP contribution in [0.5, 0.6) is 0 Å². The van der Waals surface area contributed by atoms with E-state index in [1.54, 1.807) is 13.0 Å². The van der Waals surface area contributed by atoms with Crippen LogP contribution in [0.15, 0.2) is 30.3 Å². The largest absolute Gasteiger partial charge is 0.322 e. The number of hydrogen-bond donors (Lipinski definition) is 2. The van der Waals surface area contributed by atoms with Crippen molar-refractivity contribution in [2.45, 2.75) is 27.3 Å². The van der Waals surface area contributed by atoms with Gasteiger partial charge < -0.3 is 10.6 Å². The third-order valence-electron chi connectivity index (χ3n) is 3.11. The van der Waals surface area contributed by atoms with Gasteiger partial charge in [0, 0.05) is 12.2 Å². The average Bonchev–Trinajstić information content (AvgIpc) is 2.48. The molecule has 0 aliphatic heterocycles. The van der Waals surface area contributed by atoms with E-state index in [4.69, 9.17) is 0 Å². The summed E-state index contributed by atoms with van der Waals surface area (Å²) >= 11 is 0. The van der Waals surface area contributed by atoms with Crippen molar-refractivity contribution >= 4 is 11.6 Å². The van der Waals surface area contributed by atoms with Gasteiger partial charge in [0.1, 0.15) is 0 Å². The lowest BCUT2D eigenvalue weighted by atomic mass is 10.1. The molecule has 0 atom stereocenters. The zero-order valence-electron chi connectivity index (χ0n) is 12.6. The molecule has 5 heteroatoms. The van der Waals surface area contributed by atoms with Crippen molar-refractivity contribution in [3.63, 3.8) is 0 Å². The number of benzene rings is 1. The second-order valence-corrected chi connectivity index (χ2v) is 4.92. The molecule has 1 amide bonds. The molecule has 0 fully saturated rings. The molecule has 2 N–H and O–H groups in total. The van der Waals surface area contributed by atoms with E-state index in [9.17, 15) is 4.79 Å². The molecule has 0 aliphatic rings. The van der Waals surface area contributed by atoms with Crippen LogP contribution in [0.2, 0.25) is 0 Å². The number of anilines is 1. The molecular weight excluding hydrogens is 264 g/mol. The fraction of sp³-hybridized carbons (Fsp3) is 0.312. The monoisotopic (exact) mass is 284 g/mol. The Bertz CT molecular complexity index is 640. The van der Waals surface area contributed by atoms with E-state index < -0.39 is 0 Å². The van der Waals surface area contributed by atoms with Crippen LogP contribution in [-0.2, 0) is 6.54 Å². The first-order valence-corrected chi connectivity index (χ1v) is 7.02. The van der Waals surface area contributed by atoms with Crippen molar-refractivity contribution in [2.24, 2.45) is 0 Å². The first-order chi connectivity index (χ1) is 10.1. The third kappa shape index (κ3) is 4.10. The maximum atomic E-state index is 12.3. The summed E-state index contributed by atoms with van der Waals surface area (Å²) in [5.41, 5.74) is 3.83. The molecule has 0 bridgehead atoms. The topological polar surface area (TPSA) is 66.9 Å². The van der Waals surface area contributed by atoms with Gasteiger partial charge >= 0.3 is 0 Å². The molecule has 1 heterocycles. The van der Waals surface area contributed by atoms with Crippen LogP contribution in [0.4, 0.5) is 5.69 Å². The lowest BCUT2D eigenvalue weighted by Gasteiger charge is -2.09. The summed E-state index contributed by atoms with van der Waals surface area (Å²) < 4.78 is 0. The fourth-order valence-corrected chi connectivity index (χ4v) is 2.01. The molecule has 5 nitrogen and oxygen atoms in total. The number of rotatable bonds is 5. The van der Waals surface area contributed by atoms with E-state index in [0.29, 0.717) is 11.3 Å². The highest BCUT2D eigenvalue weighted by Gasteiger charge is 2.11. The lowest BCUT2D eigenvalue weighted by molar-refractivity contribution is 0.102. The Balaban J connectivity index is 2.14. The number of carbonyl (C=O) groups is 1. The maximum absolute atomic E-state index is 12.3. The first-order valence-electron chi connectivity index (χ1n) is 7.02. The van der Waals surface area contributed by atoms with Crippen molar-refractivity contribution in [1.29, 1.82) is 0 Å². The number of hydrogen-bond acceptors (Lipinski definition) is 4. The van der Waals surface area contributed by atoms with Gasteiger partial charge in [-0.1, -0.05) is 19.1 Å². The number of amides is 1. The van der Waals surface area contributed by atoms with E-state index in [0.717, 1.165) is 30.0 Å². The fourth-order valence-electron chi connectivity index (χ4n) is 2.01. The molecule has 0 spiro atoms. The Morgan fingerprint density at radius 2 is 2.00 bits per heavy atom. The van der Waals surface area contributed by atoms with Gasteiger partial charge in [-0.25, -0.2) is 0 Å². The molecular formula is C16H20N4O. The van der Waals surface area contributed by atoms with Gasteiger partial charge in [0.2, 0.25) is 0 Å². The molecule has 0 aliphatic carbocycles. The minimum absolute atomic E-state index is 0.161. The Morgan fingerprint density at radius 3 is 2.76 bits per heavy atom. The molecule has 2 aromatic rings. The summed E-state index contributed by atoms with van der Waals surface area (Å²) in [5, 5.41) is 14.1. The normalized spacial score (nSPS) is 10.4. The summed E-state index contributed by atoms with van der Waals surface area (Å²) in [7, 11) is 0. The average molecular weight is 284 g/mol. The maximum Gasteiger partial charge on any atom is 0.257 e. The standard InChI is InChI=1S/C16H20N4O/c1-4-17-10-13-6-5-7-14(9-13)18-16(21)15-8-11(2)19-20-12(15)3/h5-9,17H,4,10H2,1-3H3,(H,18,21). The van der Waals surface area contributed by atoms with Crippen LogP contribution in [0.25, 0.3) is 0 Å². The molecule has 0 saturated heterocycles. The van der Waals surface area contributed by atoms with Crippen molar-refractivity contribution in [1.82, 2.24) is 15.5 Å². The van der Waals surface area contributed by atoms with E-state index in [-0.39, 0.29) is 5.91 Å². The number of aromatic nitrogens is 2. The second kappa shape index (κ2) is 6.95. The van der Waals surface area contributed by atoms with Gasteiger partial charge in [0.15, 0.2) is 0 Å². The zero-order chi connectivity index (χ0) is 15.2. The van der Waals surface area contributed by atoms with Crippen molar-refractivity contribution in [3.05, 3.63) is 52.8 Å². The highest BCUT2D eigenvalue weighted by Crippen LogP contribution is 2.13. The molecule has 0 unspecified atom stereocenters. The molecule has 1 aromatic heterocycles. The van der Waals surface area contributed by atoms with E-state index in [1.165, 1.54) is 0 Å². The van der Waals surface area contributed by atoms with Gasteiger partial charge in [0.05, 0.1) is 17.0 Å². The van der Waals surface area contributed by atoms with Gasteiger partial charge in [-0.2, -0.15) is 10.2 Å². The SMILES string of the molecule is CCNCc1cccc(NC(=O)c2cc(C)nnc2C)c1. The minimum atomic E-state index is -0.161. The van der Waals surface area contributed by atoms with Crippen LogP contribution < -0.4 is 10.6 Å². The van der Waals surface area contributed by atoms with E-state index in [2.05, 4.69) is 27.8 Å². The Labute approximate surface area is 124 Å². The molecule has 1 aromatic carbocycles. The summed E-state index contributed by atoms with van der Waals surface area (Å²) in [4.78, 5) is 12.3. The van der Waals surface area contributed by atoms with Crippen molar-refractivity contribution in [3.8, 4) is 0 Å². The van der Waals surface area contributed by atoms with Crippen LogP contribution in [0, 0.1) is 13.8 Å². The number of nitrogens with one attached hydrogen (secondary N) is 2. The van der Waals surface area contributed by atoms with Gasteiger partial charge in [-0.3, -0.25) is 4.79 Å². The zero-order valence-corrected chi connectivity index (χ0v) is 12.6. The summed E-state index contributed by atoms with van der Waals surface area (Å²) in [6.45, 7) is 7.36. The smallest absolute Gasteiger partial charge is 0.257 e. The Morgan fingerprint density at radius 1 is 1.19 bits per heavy atom. The lowest BCUT2D eigenvalue weighted by Crippen LogP contribution is -2.16. The van der Waals surface area contributed by atoms with Gasteiger partial charge in [-0.05, 0) is 44.2 Å². The molecule has 0 saturated carbocycles. The predicted molar refractivity (Wildman–Crippen MR) is 83.3 cm³/mol. The Kier molecular flexibility index (Phi) is 5.00. The van der Waals surface area contributed by atoms with E-state index >= 15 is 0 Å². The number of aryl methyl sites for hydroxylation is 2. The van der Waals surface area contributed by atoms with Crippen molar-refractivity contribution < 1.29 is 4.79 Å². The van der Waals surface area contributed by atoms with E-state index in [1.807, 2.05) is 31.2 Å². The second-order valence-electron chi connectivity index (χ2n) is 4.92. The highest BCUT2D eigenvalue weighted by molar-refractivity contribution is 6.05. The van der Waals surface area contributed by atoms with Gasteiger partial charge in [0.25, 0.3) is 5.91 Å². The van der Waals surface area contributed by atoms with Crippen LogP contribution in [-0.4, -0.2) is 22.6 Å². The molecule has 21 heavy (non-hydrogen) atoms. The first kappa shape index (κ1) is 15.1. The Hall–Kier alpha value is -2.27. The van der Waals surface area contributed by atoms with Crippen LogP contribution in [0.3, 0.4) is 0 Å². The minimum Gasteiger partial charge on any atom is -0.322 e. The summed E-state index contributed by atoms with van der Waals surface area (Å²) in [5.74, 6) is -0.161. The van der Waals surface area contributed by atoms with Gasteiger partial charge in [-0.15, -0.1) is 0 Å². The third-order valence-corrected chi connectivity index (χ3v) is 3.11. The predicted octanol–water partition coefficient (Wildman–Crippen LogP) is 2.46. The molecule has 2 rings (SSSR count). The number of nitrogens with zero attached hydrogens (tertiary/aromatic N) is 2. The molecule has 0 radical (unpaired) electrons. The molecule has 110 valence electrons. The highest BCUT2D eigenvalue weighted by atomic mass is 16.1. The number of carbonyl (C=O) groups excluding carboxylic acids is 1.